The van der Waals surface area contributed by atoms with Crippen LogP contribution in [0.2, 0.25) is 0 Å². The van der Waals surface area contributed by atoms with E-state index in [1.54, 1.807) is 0 Å². The molecule has 0 bridgehead atoms. The summed E-state index contributed by atoms with van der Waals surface area (Å²) in [6.45, 7) is -0.0953. The van der Waals surface area contributed by atoms with Crippen LogP contribution in [0.1, 0.15) is 33.2 Å². The van der Waals surface area contributed by atoms with Crippen LogP contribution in [-0.2, 0) is 0 Å². The van der Waals surface area contributed by atoms with Crippen molar-refractivity contribution in [1.29, 1.82) is 0 Å². The summed E-state index contributed by atoms with van der Waals surface area (Å²) in [5.74, 6) is -3.80. The van der Waals surface area contributed by atoms with Crippen molar-refractivity contribution in [3.05, 3.63) is 77.0 Å². The Kier molecular flexibility index (Phi) is 7.86. The smallest absolute Gasteiger partial charge is 0.383 e. The Hall–Kier alpha value is -4.00. The lowest BCUT2D eigenvalue weighted by Gasteiger charge is -2.35. The van der Waals surface area contributed by atoms with Crippen molar-refractivity contribution < 1.29 is 36.6 Å². The van der Waals surface area contributed by atoms with E-state index in [9.17, 15) is 36.6 Å². The molecule has 0 saturated carbocycles. The van der Waals surface area contributed by atoms with Crippen molar-refractivity contribution in [2.45, 2.75) is 25.6 Å². The average molecular weight is 525 g/mol. The Morgan fingerprint density at radius 2 is 1.78 bits per heavy atom. The summed E-state index contributed by atoms with van der Waals surface area (Å²) in [6.07, 6.45) is -4.27. The summed E-state index contributed by atoms with van der Waals surface area (Å²) >= 11 is 0. The molecule has 4 N–H and O–H groups in total. The average Bonchev–Trinajstić information content (AvgIpc) is 3.21. The number of alkyl halides is 3. The largest absolute Gasteiger partial charge is 0.420 e. The first kappa shape index (κ1) is 27.6. The standard InChI is InChI=1S/C24H24F5N5O3/c1-3-33(22(36)19-14(2)5-4-6-18(19)26)13-23(37,24(27,28)29)12-31-21(35)17-11-32-34(20(17)30)16-9-7-15(25)8-10-16/h4-11,37H,3,12-13,30H2,1-2H3,(H,31,35)/t23-/m0/s1. The van der Waals surface area contributed by atoms with Crippen LogP contribution >= 0.6 is 0 Å². The van der Waals surface area contributed by atoms with Gasteiger partial charge in [-0.05, 0) is 49.7 Å². The van der Waals surface area contributed by atoms with Crippen LogP contribution in [0, 0.1) is 18.6 Å². The molecule has 0 unspecified atom stereocenters. The summed E-state index contributed by atoms with van der Waals surface area (Å²) in [5.41, 5.74) is 2.13. The fraction of sp³-hybridized carbons (Fsp3) is 0.292. The van der Waals surface area contributed by atoms with Crippen LogP contribution in [0.3, 0.4) is 0 Å². The van der Waals surface area contributed by atoms with Crippen molar-refractivity contribution >= 4 is 17.6 Å². The fourth-order valence-electron chi connectivity index (χ4n) is 3.59. The topological polar surface area (TPSA) is 113 Å². The first-order chi connectivity index (χ1) is 17.3. The highest BCUT2D eigenvalue weighted by Gasteiger charge is 2.55. The zero-order chi connectivity index (χ0) is 27.5. The number of carbonyl (C=O) groups is 2. The van der Waals surface area contributed by atoms with E-state index in [1.807, 2.05) is 5.32 Å². The van der Waals surface area contributed by atoms with Gasteiger partial charge in [0.05, 0.1) is 30.5 Å². The number of hydrogen-bond donors (Lipinski definition) is 3. The maximum absolute atomic E-state index is 14.3. The molecular formula is C24H24F5N5O3. The molecule has 13 heteroatoms. The third-order valence-electron chi connectivity index (χ3n) is 5.75. The zero-order valence-corrected chi connectivity index (χ0v) is 19.8. The monoisotopic (exact) mass is 525 g/mol. The van der Waals surface area contributed by atoms with Gasteiger partial charge in [0.15, 0.2) is 5.60 Å². The lowest BCUT2D eigenvalue weighted by molar-refractivity contribution is -0.259. The molecule has 3 rings (SSSR count). The van der Waals surface area contributed by atoms with E-state index in [4.69, 9.17) is 5.73 Å². The molecule has 1 heterocycles. The van der Waals surface area contributed by atoms with Crippen LogP contribution in [0.4, 0.5) is 27.8 Å². The number of halogens is 5. The normalized spacial score (nSPS) is 13.2. The lowest BCUT2D eigenvalue weighted by Crippen LogP contribution is -2.60. The van der Waals surface area contributed by atoms with Gasteiger partial charge in [0.1, 0.15) is 23.0 Å². The van der Waals surface area contributed by atoms with Crippen molar-refractivity contribution in [1.82, 2.24) is 20.0 Å². The predicted molar refractivity (Wildman–Crippen MR) is 124 cm³/mol. The first-order valence-electron chi connectivity index (χ1n) is 11.0. The van der Waals surface area contributed by atoms with Gasteiger partial charge < -0.3 is 21.1 Å². The third kappa shape index (κ3) is 5.71. The zero-order valence-electron chi connectivity index (χ0n) is 19.8. The number of benzene rings is 2. The molecule has 0 spiro atoms. The summed E-state index contributed by atoms with van der Waals surface area (Å²) in [4.78, 5) is 26.1. The molecule has 0 radical (unpaired) electrons. The quantitative estimate of drug-likeness (QED) is 0.391. The highest BCUT2D eigenvalue weighted by Crippen LogP contribution is 2.32. The predicted octanol–water partition coefficient (Wildman–Crippen LogP) is 3.23. The van der Waals surface area contributed by atoms with Crippen molar-refractivity contribution in [2.75, 3.05) is 25.4 Å². The van der Waals surface area contributed by atoms with Gasteiger partial charge in [-0.25, -0.2) is 13.5 Å². The maximum Gasteiger partial charge on any atom is 0.420 e. The summed E-state index contributed by atoms with van der Waals surface area (Å²) in [5, 5.41) is 16.4. The number of aromatic nitrogens is 2. The molecule has 1 atom stereocenters. The van der Waals surface area contributed by atoms with E-state index in [2.05, 4.69) is 5.10 Å². The van der Waals surface area contributed by atoms with E-state index in [1.165, 1.54) is 38.1 Å². The van der Waals surface area contributed by atoms with Gasteiger partial charge in [-0.3, -0.25) is 9.59 Å². The number of rotatable bonds is 8. The van der Waals surface area contributed by atoms with Gasteiger partial charge in [-0.2, -0.15) is 18.3 Å². The molecule has 0 aliphatic heterocycles. The number of likely N-dealkylation sites (N-methyl/N-ethyl adjacent to an activating group) is 1. The lowest BCUT2D eigenvalue weighted by atomic mass is 10.0. The van der Waals surface area contributed by atoms with Gasteiger partial charge in [0, 0.05) is 6.54 Å². The number of aliphatic hydroxyl groups is 1. The Balaban J connectivity index is 1.81. The molecule has 0 aliphatic rings. The molecule has 8 nitrogen and oxygen atoms in total. The van der Waals surface area contributed by atoms with E-state index in [0.29, 0.717) is 10.6 Å². The second-order valence-electron chi connectivity index (χ2n) is 8.29. The van der Waals surface area contributed by atoms with E-state index in [0.717, 1.165) is 29.1 Å². The minimum absolute atomic E-state index is 0.209. The second-order valence-corrected chi connectivity index (χ2v) is 8.29. The minimum Gasteiger partial charge on any atom is -0.383 e. The van der Waals surface area contributed by atoms with Gasteiger partial charge in [0.2, 0.25) is 0 Å². The van der Waals surface area contributed by atoms with E-state index < -0.39 is 53.9 Å². The van der Waals surface area contributed by atoms with Crippen LogP contribution in [0.5, 0.6) is 0 Å². The summed E-state index contributed by atoms with van der Waals surface area (Å²) in [6, 6.07) is 8.69. The number of nitrogens with two attached hydrogens (primary N) is 1. The van der Waals surface area contributed by atoms with Crippen LogP contribution < -0.4 is 11.1 Å². The fourth-order valence-corrected chi connectivity index (χ4v) is 3.59. The van der Waals surface area contributed by atoms with Crippen LogP contribution in [-0.4, -0.2) is 63.0 Å². The minimum atomic E-state index is -5.28. The maximum atomic E-state index is 14.3. The first-order valence-corrected chi connectivity index (χ1v) is 11.0. The van der Waals surface area contributed by atoms with Crippen molar-refractivity contribution in [3.8, 4) is 5.69 Å². The van der Waals surface area contributed by atoms with Crippen molar-refractivity contribution in [3.63, 3.8) is 0 Å². The Bertz CT molecular complexity index is 1270. The van der Waals surface area contributed by atoms with Gasteiger partial charge >= 0.3 is 6.18 Å². The van der Waals surface area contributed by atoms with Crippen LogP contribution in [0.15, 0.2) is 48.7 Å². The molecule has 3 aromatic rings. The van der Waals surface area contributed by atoms with E-state index >= 15 is 0 Å². The molecule has 198 valence electrons. The number of nitrogen functional groups attached to an aromatic ring is 1. The van der Waals surface area contributed by atoms with Crippen molar-refractivity contribution in [2.24, 2.45) is 0 Å². The summed E-state index contributed by atoms with van der Waals surface area (Å²) < 4.78 is 70.3. The van der Waals surface area contributed by atoms with E-state index in [-0.39, 0.29) is 23.5 Å². The highest BCUT2D eigenvalue weighted by atomic mass is 19.4. The second kappa shape index (κ2) is 10.5. The Morgan fingerprint density at radius 1 is 1.14 bits per heavy atom. The number of hydrogen-bond acceptors (Lipinski definition) is 5. The molecular weight excluding hydrogens is 501 g/mol. The molecule has 0 fully saturated rings. The Labute approximate surface area is 208 Å². The number of amides is 2. The number of nitrogens with one attached hydrogen (secondary N) is 1. The third-order valence-corrected chi connectivity index (χ3v) is 5.75. The number of anilines is 1. The van der Waals surface area contributed by atoms with Gasteiger partial charge in [0.25, 0.3) is 11.8 Å². The molecule has 37 heavy (non-hydrogen) atoms. The number of carbonyl (C=O) groups excluding carboxylic acids is 2. The van der Waals surface area contributed by atoms with Gasteiger partial charge in [-0.15, -0.1) is 0 Å². The number of aryl methyl sites for hydroxylation is 1. The molecule has 0 aliphatic carbocycles. The number of nitrogens with zero attached hydrogens (tertiary/aromatic N) is 3. The van der Waals surface area contributed by atoms with Gasteiger partial charge in [-0.1, -0.05) is 12.1 Å². The Morgan fingerprint density at radius 3 is 2.35 bits per heavy atom. The van der Waals surface area contributed by atoms with Crippen LogP contribution in [0.25, 0.3) is 5.69 Å². The SMILES string of the molecule is CCN(C[C@@](O)(CNC(=O)c1cnn(-c2ccc(F)cc2)c1N)C(F)(F)F)C(=O)c1c(C)cccc1F. The molecule has 2 aromatic carbocycles. The molecule has 2 amide bonds. The molecule has 0 saturated heterocycles. The highest BCUT2D eigenvalue weighted by molar-refractivity contribution is 5.98. The summed E-state index contributed by atoms with van der Waals surface area (Å²) in [7, 11) is 0. The molecule has 1 aromatic heterocycles.